The predicted octanol–water partition coefficient (Wildman–Crippen LogP) is 0.969. The Morgan fingerprint density at radius 2 is 2.00 bits per heavy atom. The second kappa shape index (κ2) is 7.03. The Morgan fingerprint density at radius 1 is 1.15 bits per heavy atom. The first kappa shape index (κ1) is 17.0. The van der Waals surface area contributed by atoms with E-state index in [0.29, 0.717) is 25.6 Å². The van der Waals surface area contributed by atoms with Gasteiger partial charge in [-0.05, 0) is 18.9 Å². The molecule has 0 radical (unpaired) electrons. The Balaban J connectivity index is 1.54. The monoisotopic (exact) mass is 356 g/mol. The normalized spacial score (nSPS) is 23.9. The van der Waals surface area contributed by atoms with Crippen molar-refractivity contribution >= 4 is 11.9 Å². The van der Waals surface area contributed by atoms with Gasteiger partial charge in [-0.25, -0.2) is 15.0 Å². The third-order valence-corrected chi connectivity index (χ3v) is 5.24. The second-order valence-electron chi connectivity index (χ2n) is 7.21. The zero-order valence-corrected chi connectivity index (χ0v) is 15.0. The van der Waals surface area contributed by atoms with E-state index in [4.69, 9.17) is 4.74 Å². The van der Waals surface area contributed by atoms with E-state index in [2.05, 4.69) is 19.9 Å². The molecule has 8 heteroatoms. The first-order valence-electron chi connectivity index (χ1n) is 9.03. The summed E-state index contributed by atoms with van der Waals surface area (Å²) >= 11 is 0. The summed E-state index contributed by atoms with van der Waals surface area (Å²) in [5, 5.41) is 0. The molecule has 0 bridgehead atoms. The Morgan fingerprint density at radius 3 is 2.77 bits per heavy atom. The molecule has 0 N–H and O–H groups in total. The Labute approximate surface area is 152 Å². The summed E-state index contributed by atoms with van der Waals surface area (Å²) in [6.45, 7) is 4.28. The maximum atomic E-state index is 12.9. The van der Waals surface area contributed by atoms with Crippen LogP contribution < -0.4 is 4.90 Å². The Hall–Kier alpha value is -2.48. The number of aryl methyl sites for hydroxylation is 1. The lowest BCUT2D eigenvalue weighted by atomic mass is 9.80. The molecule has 0 aromatic carbocycles. The third-order valence-electron chi connectivity index (χ3n) is 5.24. The van der Waals surface area contributed by atoms with Crippen LogP contribution in [0.25, 0.3) is 0 Å². The van der Waals surface area contributed by atoms with Gasteiger partial charge in [-0.3, -0.25) is 4.79 Å². The fourth-order valence-electron chi connectivity index (χ4n) is 3.96. The molecule has 2 aliphatic heterocycles. The Kier molecular flexibility index (Phi) is 4.58. The van der Waals surface area contributed by atoms with Crippen LogP contribution in [-0.2, 0) is 11.8 Å². The number of carbonyl (C=O) groups is 1. The highest BCUT2D eigenvalue weighted by molar-refractivity contribution is 5.90. The zero-order chi connectivity index (χ0) is 18.0. The van der Waals surface area contributed by atoms with Crippen molar-refractivity contribution in [2.24, 2.45) is 12.5 Å². The lowest BCUT2D eigenvalue weighted by molar-refractivity contribution is 0.0128. The van der Waals surface area contributed by atoms with Crippen molar-refractivity contribution in [1.29, 1.82) is 0 Å². The lowest BCUT2D eigenvalue weighted by Gasteiger charge is -2.43. The first-order chi connectivity index (χ1) is 12.7. The molecule has 1 atom stereocenters. The minimum atomic E-state index is -0.102. The molecule has 1 amide bonds. The number of piperidine rings is 1. The first-order valence-corrected chi connectivity index (χ1v) is 9.03. The number of ether oxygens (including phenoxy) is 1. The van der Waals surface area contributed by atoms with Crippen LogP contribution in [0, 0.1) is 5.41 Å². The summed E-state index contributed by atoms with van der Waals surface area (Å²) in [6.07, 6.45) is 8.98. The molecule has 26 heavy (non-hydrogen) atoms. The van der Waals surface area contributed by atoms with E-state index in [1.165, 1.54) is 0 Å². The summed E-state index contributed by atoms with van der Waals surface area (Å²) < 4.78 is 7.70. The number of likely N-dealkylation sites (tertiary alicyclic amines) is 1. The number of imidazole rings is 1. The highest BCUT2D eigenvalue weighted by Crippen LogP contribution is 2.34. The van der Waals surface area contributed by atoms with Crippen LogP contribution in [0.3, 0.4) is 0 Å². The van der Waals surface area contributed by atoms with E-state index in [-0.39, 0.29) is 11.3 Å². The van der Waals surface area contributed by atoms with Gasteiger partial charge >= 0.3 is 0 Å². The molecule has 2 fully saturated rings. The number of amides is 1. The molecule has 0 saturated carbocycles. The van der Waals surface area contributed by atoms with Crippen molar-refractivity contribution in [3.63, 3.8) is 0 Å². The van der Waals surface area contributed by atoms with E-state index in [0.717, 1.165) is 38.4 Å². The van der Waals surface area contributed by atoms with Gasteiger partial charge in [0.25, 0.3) is 5.91 Å². The van der Waals surface area contributed by atoms with Crippen molar-refractivity contribution in [2.45, 2.75) is 12.8 Å². The van der Waals surface area contributed by atoms with Crippen LogP contribution in [0.5, 0.6) is 0 Å². The maximum absolute atomic E-state index is 12.9. The van der Waals surface area contributed by atoms with Crippen LogP contribution in [0.4, 0.5) is 5.95 Å². The SMILES string of the molecule is Cn1ccnc1C(=O)N1CCCC2(COCCN(c3ncccn3)C2)C1. The average Bonchev–Trinajstić information content (AvgIpc) is 3.00. The number of hydrogen-bond donors (Lipinski definition) is 0. The topological polar surface area (TPSA) is 76.4 Å². The Bertz CT molecular complexity index is 764. The molecule has 2 aromatic rings. The van der Waals surface area contributed by atoms with Crippen molar-refractivity contribution in [3.05, 3.63) is 36.7 Å². The quantitative estimate of drug-likeness (QED) is 0.798. The molecule has 4 heterocycles. The minimum Gasteiger partial charge on any atom is -0.379 e. The molecule has 8 nitrogen and oxygen atoms in total. The molecule has 138 valence electrons. The smallest absolute Gasteiger partial charge is 0.289 e. The number of anilines is 1. The van der Waals surface area contributed by atoms with Gasteiger partial charge in [-0.15, -0.1) is 0 Å². The summed E-state index contributed by atoms with van der Waals surface area (Å²) in [5.74, 6) is 1.20. The second-order valence-corrected chi connectivity index (χ2v) is 7.21. The van der Waals surface area contributed by atoms with E-state index in [1.807, 2.05) is 18.0 Å². The fourth-order valence-corrected chi connectivity index (χ4v) is 3.96. The summed E-state index contributed by atoms with van der Waals surface area (Å²) in [6, 6.07) is 1.82. The molecule has 4 rings (SSSR count). The lowest BCUT2D eigenvalue weighted by Crippen LogP contribution is -2.52. The average molecular weight is 356 g/mol. The molecular formula is C18H24N6O2. The third kappa shape index (κ3) is 3.29. The fraction of sp³-hybridized carbons (Fsp3) is 0.556. The van der Waals surface area contributed by atoms with Gasteiger partial charge in [-0.2, -0.15) is 0 Å². The minimum absolute atomic E-state index is 0.0108. The number of aromatic nitrogens is 4. The van der Waals surface area contributed by atoms with E-state index >= 15 is 0 Å². The largest absolute Gasteiger partial charge is 0.379 e. The molecule has 1 spiro atoms. The molecule has 2 saturated heterocycles. The highest BCUT2D eigenvalue weighted by Gasteiger charge is 2.41. The van der Waals surface area contributed by atoms with Crippen LogP contribution in [0.15, 0.2) is 30.9 Å². The van der Waals surface area contributed by atoms with Crippen LogP contribution in [0.2, 0.25) is 0 Å². The van der Waals surface area contributed by atoms with E-state index in [1.54, 1.807) is 29.4 Å². The van der Waals surface area contributed by atoms with E-state index < -0.39 is 0 Å². The summed E-state index contributed by atoms with van der Waals surface area (Å²) in [5.41, 5.74) is -0.102. The molecule has 1 unspecified atom stereocenters. The summed E-state index contributed by atoms with van der Waals surface area (Å²) in [7, 11) is 1.85. The highest BCUT2D eigenvalue weighted by atomic mass is 16.5. The molecular weight excluding hydrogens is 332 g/mol. The van der Waals surface area contributed by atoms with Crippen molar-refractivity contribution < 1.29 is 9.53 Å². The van der Waals surface area contributed by atoms with Gasteiger partial charge in [0.1, 0.15) is 0 Å². The van der Waals surface area contributed by atoms with Crippen LogP contribution in [0.1, 0.15) is 23.5 Å². The van der Waals surface area contributed by atoms with Gasteiger partial charge in [0.05, 0.1) is 13.2 Å². The maximum Gasteiger partial charge on any atom is 0.289 e. The standard InChI is InChI=1S/C18H24N6O2/c1-22-9-7-19-15(22)16(25)23-8-2-4-18(12-23)13-24(10-11-26-14-18)17-20-5-3-6-21-17/h3,5-7,9H,2,4,8,10-14H2,1H3. The van der Waals surface area contributed by atoms with E-state index in [9.17, 15) is 4.79 Å². The van der Waals surface area contributed by atoms with Gasteiger partial charge in [-0.1, -0.05) is 0 Å². The zero-order valence-electron chi connectivity index (χ0n) is 15.0. The number of carbonyl (C=O) groups excluding carboxylic acids is 1. The van der Waals surface area contributed by atoms with Crippen molar-refractivity contribution in [3.8, 4) is 0 Å². The molecule has 2 aromatic heterocycles. The predicted molar refractivity (Wildman–Crippen MR) is 95.8 cm³/mol. The number of hydrogen-bond acceptors (Lipinski definition) is 6. The van der Waals surface area contributed by atoms with Crippen molar-refractivity contribution in [2.75, 3.05) is 44.3 Å². The van der Waals surface area contributed by atoms with Gasteiger partial charge in [0, 0.05) is 63.4 Å². The van der Waals surface area contributed by atoms with Gasteiger partial charge in [0.15, 0.2) is 5.82 Å². The summed E-state index contributed by atoms with van der Waals surface area (Å²) in [4.78, 5) is 30.0. The van der Waals surface area contributed by atoms with Gasteiger partial charge < -0.3 is 19.1 Å². The molecule has 2 aliphatic rings. The van der Waals surface area contributed by atoms with Crippen molar-refractivity contribution in [1.82, 2.24) is 24.4 Å². The molecule has 0 aliphatic carbocycles. The number of rotatable bonds is 2. The van der Waals surface area contributed by atoms with Crippen LogP contribution in [-0.4, -0.2) is 69.7 Å². The van der Waals surface area contributed by atoms with Gasteiger partial charge in [0.2, 0.25) is 5.95 Å². The number of nitrogens with zero attached hydrogens (tertiary/aromatic N) is 6. The van der Waals surface area contributed by atoms with Crippen LogP contribution >= 0.6 is 0 Å².